The van der Waals surface area contributed by atoms with Crippen molar-refractivity contribution in [2.24, 2.45) is 52.3 Å². The van der Waals surface area contributed by atoms with Crippen LogP contribution in [0.1, 0.15) is 92.9 Å². The fourth-order valence-corrected chi connectivity index (χ4v) is 8.87. The highest BCUT2D eigenvalue weighted by atomic mass is 16.3. The molecule has 31 heavy (non-hydrogen) atoms. The van der Waals surface area contributed by atoms with Gasteiger partial charge in [-0.3, -0.25) is 0 Å². The van der Waals surface area contributed by atoms with Crippen LogP contribution in [0.25, 0.3) is 0 Å². The Bertz CT molecular complexity index is 688. The molecule has 4 aliphatic carbocycles. The molecule has 0 radical (unpaired) electrons. The van der Waals surface area contributed by atoms with E-state index < -0.39 is 17.8 Å². The molecule has 0 aromatic rings. The van der Waals surface area contributed by atoms with Crippen LogP contribution in [0.3, 0.4) is 0 Å². The fourth-order valence-electron chi connectivity index (χ4n) is 8.87. The molecule has 4 unspecified atom stereocenters. The first-order valence-corrected chi connectivity index (χ1v) is 13.2. The summed E-state index contributed by atoms with van der Waals surface area (Å²) < 4.78 is 0. The van der Waals surface area contributed by atoms with Gasteiger partial charge in [0.05, 0.1) is 17.8 Å². The highest BCUT2D eigenvalue weighted by Gasteiger charge is 2.67. The Labute approximate surface area is 190 Å². The lowest BCUT2D eigenvalue weighted by Gasteiger charge is -2.65. The van der Waals surface area contributed by atoms with E-state index in [4.69, 9.17) is 0 Å². The van der Waals surface area contributed by atoms with Crippen molar-refractivity contribution in [1.29, 1.82) is 0 Å². The largest absolute Gasteiger partial charge is 0.393 e. The quantitative estimate of drug-likeness (QED) is 0.509. The molecule has 0 saturated heterocycles. The summed E-state index contributed by atoms with van der Waals surface area (Å²) in [6, 6.07) is 0. The van der Waals surface area contributed by atoms with E-state index in [1.165, 1.54) is 19.3 Å². The van der Waals surface area contributed by atoms with Crippen molar-refractivity contribution >= 4 is 0 Å². The zero-order valence-electron chi connectivity index (χ0n) is 20.8. The molecule has 0 bridgehead atoms. The summed E-state index contributed by atoms with van der Waals surface area (Å²) in [6.07, 6.45) is 11.4. The normalized spacial score (nSPS) is 51.9. The van der Waals surface area contributed by atoms with E-state index in [0.717, 1.165) is 19.3 Å². The number of rotatable bonds is 4. The molecule has 11 atom stereocenters. The molecule has 178 valence electrons. The number of hydrogen-bond donors (Lipinski definition) is 3. The fraction of sp³-hybridized carbons (Fsp3) is 0.929. The van der Waals surface area contributed by atoms with Gasteiger partial charge in [-0.2, -0.15) is 0 Å². The molecule has 4 aliphatic rings. The molecule has 0 aliphatic heterocycles. The predicted octanol–water partition coefficient (Wildman–Crippen LogP) is 5.58. The lowest BCUT2D eigenvalue weighted by molar-refractivity contribution is -0.264. The van der Waals surface area contributed by atoms with Crippen LogP contribution in [0.2, 0.25) is 0 Å². The molecular weight excluding hydrogens is 384 g/mol. The zero-order chi connectivity index (χ0) is 22.8. The van der Waals surface area contributed by atoms with Gasteiger partial charge in [0.15, 0.2) is 0 Å². The standard InChI is InChI=1S/C28H48O3/c1-17(2)18(3)7-8-19(4)22-9-10-23-21-15-25(30)28(31)16-20(29)11-14-27(28,6)24(21)12-13-26(22,23)5/h7-8,17-25,29-31H,9-16H2,1-6H3/b8-7+/t18-,19+,20-,21?,22?,23?,24?,25+,26+,27+,28-/m0/s1. The first-order chi connectivity index (χ1) is 14.4. The Hall–Kier alpha value is -0.380. The minimum Gasteiger partial charge on any atom is -0.393 e. The lowest BCUT2D eigenvalue weighted by atomic mass is 9.42. The van der Waals surface area contributed by atoms with Gasteiger partial charge in [0.2, 0.25) is 0 Å². The van der Waals surface area contributed by atoms with Gasteiger partial charge in [0, 0.05) is 11.8 Å². The van der Waals surface area contributed by atoms with Gasteiger partial charge in [-0.25, -0.2) is 0 Å². The topological polar surface area (TPSA) is 60.7 Å². The van der Waals surface area contributed by atoms with Crippen molar-refractivity contribution in [2.75, 3.05) is 0 Å². The van der Waals surface area contributed by atoms with Crippen molar-refractivity contribution in [3.05, 3.63) is 12.2 Å². The summed E-state index contributed by atoms with van der Waals surface area (Å²) in [4.78, 5) is 0. The van der Waals surface area contributed by atoms with Gasteiger partial charge < -0.3 is 15.3 Å². The van der Waals surface area contributed by atoms with Gasteiger partial charge in [-0.1, -0.05) is 53.7 Å². The van der Waals surface area contributed by atoms with Gasteiger partial charge in [-0.15, -0.1) is 0 Å². The first kappa shape index (κ1) is 23.8. The van der Waals surface area contributed by atoms with Gasteiger partial charge in [0.25, 0.3) is 0 Å². The highest BCUT2D eigenvalue weighted by molar-refractivity contribution is 5.17. The third-order valence-corrected chi connectivity index (χ3v) is 11.3. The number of aliphatic hydroxyl groups excluding tert-OH is 2. The lowest BCUT2D eigenvalue weighted by Crippen LogP contribution is -2.68. The number of fused-ring (bicyclic) bond motifs is 5. The third kappa shape index (κ3) is 3.56. The van der Waals surface area contributed by atoms with Crippen LogP contribution in [0.5, 0.6) is 0 Å². The first-order valence-electron chi connectivity index (χ1n) is 13.2. The molecule has 4 rings (SSSR count). The van der Waals surface area contributed by atoms with Crippen molar-refractivity contribution in [3.8, 4) is 0 Å². The SMILES string of the molecule is CC(C)[C@@H](C)/C=C/[C@@H](C)C1CCC2C3C[C@@H](O)[C@@]4(O)C[C@@H](O)CC[C@]4(C)C3CC[C@@]21C. The molecule has 4 fully saturated rings. The second kappa shape index (κ2) is 8.13. The van der Waals surface area contributed by atoms with Crippen LogP contribution < -0.4 is 0 Å². The van der Waals surface area contributed by atoms with Crippen LogP contribution in [-0.4, -0.2) is 33.1 Å². The summed E-state index contributed by atoms with van der Waals surface area (Å²) in [5, 5.41) is 33.1. The Morgan fingerprint density at radius 2 is 1.58 bits per heavy atom. The van der Waals surface area contributed by atoms with Crippen LogP contribution in [0.15, 0.2) is 12.2 Å². The third-order valence-electron chi connectivity index (χ3n) is 11.3. The van der Waals surface area contributed by atoms with Gasteiger partial charge in [0.1, 0.15) is 0 Å². The Morgan fingerprint density at radius 3 is 2.26 bits per heavy atom. The van der Waals surface area contributed by atoms with Crippen LogP contribution in [0.4, 0.5) is 0 Å². The highest BCUT2D eigenvalue weighted by Crippen LogP contribution is 2.69. The van der Waals surface area contributed by atoms with E-state index in [0.29, 0.717) is 59.7 Å². The summed E-state index contributed by atoms with van der Waals surface area (Å²) >= 11 is 0. The van der Waals surface area contributed by atoms with E-state index >= 15 is 0 Å². The maximum Gasteiger partial charge on any atom is 0.0985 e. The maximum atomic E-state index is 11.6. The average molecular weight is 433 g/mol. The molecule has 3 N–H and O–H groups in total. The Kier molecular flexibility index (Phi) is 6.24. The molecule has 0 spiro atoms. The number of allylic oxidation sites excluding steroid dienone is 2. The van der Waals surface area contributed by atoms with Crippen molar-refractivity contribution in [2.45, 2.75) is 111 Å². The van der Waals surface area contributed by atoms with Crippen molar-refractivity contribution < 1.29 is 15.3 Å². The molecule has 4 saturated carbocycles. The smallest absolute Gasteiger partial charge is 0.0985 e. The average Bonchev–Trinajstić information content (AvgIpc) is 3.05. The van der Waals surface area contributed by atoms with Crippen molar-refractivity contribution in [3.63, 3.8) is 0 Å². The molecule has 0 amide bonds. The summed E-state index contributed by atoms with van der Waals surface area (Å²) in [6.45, 7) is 14.1. The Morgan fingerprint density at radius 1 is 0.871 bits per heavy atom. The maximum absolute atomic E-state index is 11.6. The van der Waals surface area contributed by atoms with Crippen LogP contribution >= 0.6 is 0 Å². The predicted molar refractivity (Wildman–Crippen MR) is 126 cm³/mol. The second-order valence-electron chi connectivity index (χ2n) is 12.9. The second-order valence-corrected chi connectivity index (χ2v) is 12.9. The van der Waals surface area contributed by atoms with E-state index in [1.807, 2.05) is 0 Å². The van der Waals surface area contributed by atoms with E-state index in [1.54, 1.807) is 0 Å². The van der Waals surface area contributed by atoms with E-state index in [2.05, 4.69) is 53.7 Å². The van der Waals surface area contributed by atoms with Crippen molar-refractivity contribution in [1.82, 2.24) is 0 Å². The summed E-state index contributed by atoms with van der Waals surface area (Å²) in [5.74, 6) is 4.24. The molecule has 3 nitrogen and oxygen atoms in total. The molecule has 0 aromatic carbocycles. The van der Waals surface area contributed by atoms with Crippen LogP contribution in [0, 0.1) is 52.3 Å². The zero-order valence-corrected chi connectivity index (χ0v) is 20.8. The minimum atomic E-state index is -1.12. The summed E-state index contributed by atoms with van der Waals surface area (Å²) in [5.41, 5.74) is -1.06. The molecule has 0 heterocycles. The molecular formula is C28H48O3. The van der Waals surface area contributed by atoms with E-state index in [-0.39, 0.29) is 5.41 Å². The number of hydrogen-bond acceptors (Lipinski definition) is 3. The molecule has 3 heteroatoms. The van der Waals surface area contributed by atoms with E-state index in [9.17, 15) is 15.3 Å². The minimum absolute atomic E-state index is 0.272. The monoisotopic (exact) mass is 432 g/mol. The van der Waals surface area contributed by atoms with Gasteiger partial charge in [-0.05, 0) is 91.8 Å². The molecule has 0 aromatic heterocycles. The van der Waals surface area contributed by atoms with Gasteiger partial charge >= 0.3 is 0 Å². The van der Waals surface area contributed by atoms with Crippen LogP contribution in [-0.2, 0) is 0 Å². The Balaban J connectivity index is 1.56. The summed E-state index contributed by atoms with van der Waals surface area (Å²) in [7, 11) is 0. The number of aliphatic hydroxyl groups is 3.